The van der Waals surface area contributed by atoms with E-state index in [1.807, 2.05) is 0 Å². The third-order valence-corrected chi connectivity index (χ3v) is 6.88. The lowest BCUT2D eigenvalue weighted by atomic mass is 10.2. The molecule has 2 N–H and O–H groups in total. The fourth-order valence-corrected chi connectivity index (χ4v) is 5.11. The molecule has 0 aliphatic carbocycles. The number of hydrogen-bond donors (Lipinski definition) is 2. The Labute approximate surface area is 172 Å². The van der Waals surface area contributed by atoms with Crippen LogP contribution in [-0.2, 0) is 21.4 Å². The summed E-state index contributed by atoms with van der Waals surface area (Å²) in [5, 5.41) is 3.11. The number of para-hydroxylation sites is 1. The van der Waals surface area contributed by atoms with Gasteiger partial charge in [-0.05, 0) is 42.8 Å². The molecular formula is C20H20N4O5S. The van der Waals surface area contributed by atoms with Gasteiger partial charge in [-0.2, -0.15) is 0 Å². The van der Waals surface area contributed by atoms with Gasteiger partial charge in [0.05, 0.1) is 22.3 Å². The summed E-state index contributed by atoms with van der Waals surface area (Å²) < 4.78 is 26.7. The van der Waals surface area contributed by atoms with Crippen LogP contribution in [0, 0.1) is 0 Å². The number of H-pyrrole nitrogens is 1. The summed E-state index contributed by atoms with van der Waals surface area (Å²) in [6, 6.07) is 13.3. The summed E-state index contributed by atoms with van der Waals surface area (Å²) in [7, 11) is -3.25. The van der Waals surface area contributed by atoms with Crippen LogP contribution in [0.4, 0.5) is 11.4 Å². The zero-order chi connectivity index (χ0) is 21.3. The van der Waals surface area contributed by atoms with Gasteiger partial charge in [-0.1, -0.05) is 12.1 Å². The molecule has 2 heterocycles. The standard InChI is InChI=1S/C20H20N4O5S/c25-18(10-12-23-17-5-2-1-4-16(17)19(26)22-20(23)27)21-14-6-8-15(9-7-14)24-11-3-13-30(24,28)29/h1-2,4-9H,3,10-13H2,(H,21,25)(H,22,26,27). The van der Waals surface area contributed by atoms with Crippen LogP contribution in [0.15, 0.2) is 58.1 Å². The highest BCUT2D eigenvalue weighted by Gasteiger charge is 2.28. The van der Waals surface area contributed by atoms with Crippen LogP contribution >= 0.6 is 0 Å². The molecular weight excluding hydrogens is 408 g/mol. The first-order chi connectivity index (χ1) is 14.3. The summed E-state index contributed by atoms with van der Waals surface area (Å²) in [5.41, 5.74) is 0.532. The van der Waals surface area contributed by atoms with Gasteiger partial charge in [-0.3, -0.25) is 23.4 Å². The van der Waals surface area contributed by atoms with Gasteiger partial charge < -0.3 is 5.32 Å². The molecule has 1 amide bonds. The normalized spacial score (nSPS) is 15.4. The second-order valence-electron chi connectivity index (χ2n) is 7.01. The summed E-state index contributed by atoms with van der Waals surface area (Å²) in [6.45, 7) is 0.558. The fourth-order valence-electron chi connectivity index (χ4n) is 3.54. The van der Waals surface area contributed by atoms with Crippen molar-refractivity contribution >= 4 is 38.2 Å². The number of benzene rings is 2. The zero-order valence-corrected chi connectivity index (χ0v) is 16.8. The maximum Gasteiger partial charge on any atom is 0.328 e. The molecule has 10 heteroatoms. The molecule has 9 nitrogen and oxygen atoms in total. The van der Waals surface area contributed by atoms with Crippen LogP contribution < -0.4 is 20.9 Å². The van der Waals surface area contributed by atoms with E-state index in [-0.39, 0.29) is 24.6 Å². The van der Waals surface area contributed by atoms with Gasteiger partial charge in [-0.15, -0.1) is 0 Å². The van der Waals surface area contributed by atoms with Crippen molar-refractivity contribution in [2.45, 2.75) is 19.4 Å². The zero-order valence-electron chi connectivity index (χ0n) is 16.0. The number of fused-ring (bicyclic) bond motifs is 1. The quantitative estimate of drug-likeness (QED) is 0.634. The van der Waals surface area contributed by atoms with Crippen LogP contribution in [0.3, 0.4) is 0 Å². The Morgan fingerprint density at radius 2 is 1.80 bits per heavy atom. The Morgan fingerprint density at radius 3 is 2.50 bits per heavy atom. The Morgan fingerprint density at radius 1 is 1.07 bits per heavy atom. The number of carbonyl (C=O) groups excluding carboxylic acids is 1. The monoisotopic (exact) mass is 428 g/mol. The second-order valence-corrected chi connectivity index (χ2v) is 9.03. The second kappa shape index (κ2) is 7.79. The Balaban J connectivity index is 1.44. The van der Waals surface area contributed by atoms with Gasteiger partial charge in [0.25, 0.3) is 5.56 Å². The number of nitrogens with one attached hydrogen (secondary N) is 2. The lowest BCUT2D eigenvalue weighted by Gasteiger charge is -2.17. The van der Waals surface area contributed by atoms with Crippen molar-refractivity contribution < 1.29 is 13.2 Å². The highest BCUT2D eigenvalue weighted by atomic mass is 32.2. The van der Waals surface area contributed by atoms with E-state index in [0.717, 1.165) is 0 Å². The predicted octanol–water partition coefficient (Wildman–Crippen LogP) is 1.26. The molecule has 0 atom stereocenters. The van der Waals surface area contributed by atoms with Gasteiger partial charge in [0.2, 0.25) is 15.9 Å². The lowest BCUT2D eigenvalue weighted by Crippen LogP contribution is -2.31. The molecule has 0 radical (unpaired) electrons. The molecule has 0 unspecified atom stereocenters. The lowest BCUT2D eigenvalue weighted by molar-refractivity contribution is -0.116. The minimum absolute atomic E-state index is 0.0260. The molecule has 0 saturated carbocycles. The van der Waals surface area contributed by atoms with E-state index in [1.54, 1.807) is 48.5 Å². The molecule has 1 fully saturated rings. The summed E-state index contributed by atoms with van der Waals surface area (Å²) in [6.07, 6.45) is 0.623. The van der Waals surface area contributed by atoms with Gasteiger partial charge >= 0.3 is 5.69 Å². The molecule has 1 aromatic heterocycles. The van der Waals surface area contributed by atoms with E-state index in [1.165, 1.54) is 8.87 Å². The predicted molar refractivity (Wildman–Crippen MR) is 114 cm³/mol. The van der Waals surface area contributed by atoms with E-state index < -0.39 is 21.3 Å². The first-order valence-electron chi connectivity index (χ1n) is 9.47. The van der Waals surface area contributed by atoms with E-state index in [9.17, 15) is 22.8 Å². The van der Waals surface area contributed by atoms with Crippen LogP contribution in [0.5, 0.6) is 0 Å². The third kappa shape index (κ3) is 3.86. The van der Waals surface area contributed by atoms with Crippen molar-refractivity contribution in [1.29, 1.82) is 0 Å². The molecule has 0 bridgehead atoms. The highest BCUT2D eigenvalue weighted by Crippen LogP contribution is 2.25. The van der Waals surface area contributed by atoms with Crippen molar-refractivity contribution in [3.05, 3.63) is 69.4 Å². The maximum absolute atomic E-state index is 12.3. The van der Waals surface area contributed by atoms with E-state index in [0.29, 0.717) is 35.2 Å². The summed E-state index contributed by atoms with van der Waals surface area (Å²) in [5.74, 6) is -0.164. The SMILES string of the molecule is O=C(CCn1c(=O)[nH]c(=O)c2ccccc21)Nc1ccc(N2CCCS2(=O)=O)cc1. The molecule has 1 saturated heterocycles. The Kier molecular flexibility index (Phi) is 5.17. The van der Waals surface area contributed by atoms with Crippen molar-refractivity contribution in [1.82, 2.24) is 9.55 Å². The number of aromatic amines is 1. The number of anilines is 2. The van der Waals surface area contributed by atoms with Crippen molar-refractivity contribution in [3.8, 4) is 0 Å². The van der Waals surface area contributed by atoms with Gasteiger partial charge in [-0.25, -0.2) is 13.2 Å². The Bertz CT molecular complexity index is 1330. The first kappa shape index (κ1) is 19.9. The van der Waals surface area contributed by atoms with Crippen molar-refractivity contribution in [2.24, 2.45) is 0 Å². The third-order valence-electron chi connectivity index (χ3n) is 5.01. The molecule has 1 aliphatic heterocycles. The van der Waals surface area contributed by atoms with Crippen LogP contribution in [0.1, 0.15) is 12.8 Å². The molecule has 4 rings (SSSR count). The highest BCUT2D eigenvalue weighted by molar-refractivity contribution is 7.93. The fraction of sp³-hybridized carbons (Fsp3) is 0.250. The number of hydrogen-bond acceptors (Lipinski definition) is 5. The summed E-state index contributed by atoms with van der Waals surface area (Å²) >= 11 is 0. The smallest absolute Gasteiger partial charge is 0.326 e. The number of sulfonamides is 1. The minimum atomic E-state index is -3.25. The average molecular weight is 428 g/mol. The molecule has 156 valence electrons. The number of aryl methyl sites for hydroxylation is 1. The maximum atomic E-state index is 12.3. The van der Waals surface area contributed by atoms with E-state index in [4.69, 9.17) is 0 Å². The molecule has 3 aromatic rings. The first-order valence-corrected chi connectivity index (χ1v) is 11.1. The van der Waals surface area contributed by atoms with Crippen LogP contribution in [0.2, 0.25) is 0 Å². The number of aromatic nitrogens is 2. The van der Waals surface area contributed by atoms with Gasteiger partial charge in [0, 0.05) is 25.2 Å². The number of rotatable bonds is 5. The molecule has 1 aliphatic rings. The number of carbonyl (C=O) groups is 1. The van der Waals surface area contributed by atoms with Gasteiger partial charge in [0.1, 0.15) is 0 Å². The number of amides is 1. The molecule has 2 aromatic carbocycles. The number of nitrogens with zero attached hydrogens (tertiary/aromatic N) is 2. The molecule has 30 heavy (non-hydrogen) atoms. The van der Waals surface area contributed by atoms with E-state index >= 15 is 0 Å². The van der Waals surface area contributed by atoms with Crippen LogP contribution in [0.25, 0.3) is 10.9 Å². The van der Waals surface area contributed by atoms with Crippen molar-refractivity contribution in [2.75, 3.05) is 21.9 Å². The largest absolute Gasteiger partial charge is 0.328 e. The van der Waals surface area contributed by atoms with Gasteiger partial charge in [0.15, 0.2) is 0 Å². The summed E-state index contributed by atoms with van der Waals surface area (Å²) in [4.78, 5) is 38.7. The average Bonchev–Trinajstić information content (AvgIpc) is 3.07. The topological polar surface area (TPSA) is 121 Å². The Hall–Kier alpha value is -3.40. The van der Waals surface area contributed by atoms with Crippen molar-refractivity contribution in [3.63, 3.8) is 0 Å². The minimum Gasteiger partial charge on any atom is -0.326 e. The van der Waals surface area contributed by atoms with E-state index in [2.05, 4.69) is 10.3 Å². The van der Waals surface area contributed by atoms with Crippen LogP contribution in [-0.4, -0.2) is 36.2 Å². The molecule has 0 spiro atoms.